The molecule has 1 aliphatic heterocycles. The molecule has 16 heavy (non-hydrogen) atoms. The number of carbonyl (C=O) groups is 1. The van der Waals surface area contributed by atoms with E-state index in [-0.39, 0.29) is 11.9 Å². The monoisotopic (exact) mass is 225 g/mol. The molecular formula is C11H12FNO3. The maximum absolute atomic E-state index is 12.8. The van der Waals surface area contributed by atoms with Crippen LogP contribution in [-0.4, -0.2) is 25.3 Å². The largest absolute Gasteiger partial charge is 0.493 e. The Bertz CT molecular complexity index is 383. The summed E-state index contributed by atoms with van der Waals surface area (Å²) in [5, 5.41) is 2.64. The Balaban J connectivity index is 1.74. The number of benzene rings is 1. The van der Waals surface area contributed by atoms with Gasteiger partial charge in [-0.2, -0.15) is 0 Å². The van der Waals surface area contributed by atoms with E-state index in [1.54, 1.807) is 12.1 Å². The van der Waals surface area contributed by atoms with Gasteiger partial charge in [-0.1, -0.05) is 6.07 Å². The Morgan fingerprint density at radius 1 is 1.56 bits per heavy atom. The molecular weight excluding hydrogens is 213 g/mol. The number of cyclic esters (lactones) is 1. The fraction of sp³-hybridized carbons (Fsp3) is 0.364. The van der Waals surface area contributed by atoms with E-state index in [2.05, 4.69) is 5.32 Å². The number of halogens is 1. The van der Waals surface area contributed by atoms with Gasteiger partial charge in [-0.3, -0.25) is 0 Å². The molecule has 0 radical (unpaired) electrons. The Kier molecular flexibility index (Phi) is 3.24. The van der Waals surface area contributed by atoms with Gasteiger partial charge in [0.2, 0.25) is 0 Å². The molecule has 1 saturated heterocycles. The van der Waals surface area contributed by atoms with E-state index < -0.39 is 6.09 Å². The lowest BCUT2D eigenvalue weighted by Crippen LogP contribution is -2.27. The zero-order chi connectivity index (χ0) is 11.4. The van der Waals surface area contributed by atoms with Crippen LogP contribution in [0.2, 0.25) is 0 Å². The summed E-state index contributed by atoms with van der Waals surface area (Å²) in [4.78, 5) is 10.7. The van der Waals surface area contributed by atoms with Crippen LogP contribution in [0.15, 0.2) is 24.3 Å². The topological polar surface area (TPSA) is 47.6 Å². The van der Waals surface area contributed by atoms with Gasteiger partial charge in [-0.15, -0.1) is 0 Å². The van der Waals surface area contributed by atoms with Crippen molar-refractivity contribution in [2.24, 2.45) is 0 Å². The third kappa shape index (κ3) is 2.85. The van der Waals surface area contributed by atoms with Crippen molar-refractivity contribution >= 4 is 6.09 Å². The molecule has 86 valence electrons. The summed E-state index contributed by atoms with van der Waals surface area (Å²) in [7, 11) is 0. The van der Waals surface area contributed by atoms with Crippen molar-refractivity contribution in [3.63, 3.8) is 0 Å². The number of ether oxygens (including phenoxy) is 2. The predicted molar refractivity (Wildman–Crippen MR) is 54.8 cm³/mol. The second-order valence-electron chi connectivity index (χ2n) is 3.53. The number of rotatable bonds is 4. The van der Waals surface area contributed by atoms with Gasteiger partial charge in [0.25, 0.3) is 0 Å². The van der Waals surface area contributed by atoms with Crippen molar-refractivity contribution in [1.29, 1.82) is 0 Å². The predicted octanol–water partition coefficient (Wildman–Crippen LogP) is 1.70. The molecule has 1 amide bonds. The van der Waals surface area contributed by atoms with Crippen LogP contribution in [0.5, 0.6) is 5.75 Å². The minimum atomic E-state index is -0.393. The lowest BCUT2D eigenvalue weighted by atomic mass is 10.2. The first-order valence-corrected chi connectivity index (χ1v) is 5.06. The molecule has 0 bridgehead atoms. The Labute approximate surface area is 92.4 Å². The molecule has 1 aliphatic rings. The Morgan fingerprint density at radius 2 is 2.44 bits per heavy atom. The van der Waals surface area contributed by atoms with E-state index in [1.165, 1.54) is 12.1 Å². The highest BCUT2D eigenvalue weighted by atomic mass is 19.1. The van der Waals surface area contributed by atoms with Crippen molar-refractivity contribution in [1.82, 2.24) is 5.32 Å². The highest BCUT2D eigenvalue weighted by molar-refractivity contribution is 5.69. The maximum Gasteiger partial charge on any atom is 0.407 e. The molecule has 4 nitrogen and oxygen atoms in total. The Morgan fingerprint density at radius 3 is 3.12 bits per heavy atom. The molecule has 0 spiro atoms. The van der Waals surface area contributed by atoms with E-state index in [0.29, 0.717) is 25.4 Å². The zero-order valence-electron chi connectivity index (χ0n) is 8.61. The van der Waals surface area contributed by atoms with E-state index in [1.807, 2.05) is 0 Å². The molecule has 1 aromatic rings. The lowest BCUT2D eigenvalue weighted by Gasteiger charge is -2.09. The summed E-state index contributed by atoms with van der Waals surface area (Å²) >= 11 is 0. The van der Waals surface area contributed by atoms with E-state index in [0.717, 1.165) is 0 Å². The first-order valence-electron chi connectivity index (χ1n) is 5.06. The number of alkyl carbamates (subject to hydrolysis) is 1. The van der Waals surface area contributed by atoms with Crippen LogP contribution in [0, 0.1) is 5.82 Å². The molecule has 0 saturated carbocycles. The van der Waals surface area contributed by atoms with E-state index >= 15 is 0 Å². The SMILES string of the molecule is O=C1NC(CCOc2cccc(F)c2)CO1. The highest BCUT2D eigenvalue weighted by Gasteiger charge is 2.21. The normalized spacial score (nSPS) is 19.1. The number of carbonyl (C=O) groups excluding carboxylic acids is 1. The van der Waals surface area contributed by atoms with Crippen LogP contribution >= 0.6 is 0 Å². The third-order valence-electron chi connectivity index (χ3n) is 2.27. The van der Waals surface area contributed by atoms with Crippen LogP contribution < -0.4 is 10.1 Å². The molecule has 1 atom stereocenters. The van der Waals surface area contributed by atoms with Crippen molar-refractivity contribution in [3.05, 3.63) is 30.1 Å². The van der Waals surface area contributed by atoms with Gasteiger partial charge in [-0.25, -0.2) is 9.18 Å². The summed E-state index contributed by atoms with van der Waals surface area (Å²) in [6, 6.07) is 5.94. The summed E-state index contributed by atoms with van der Waals surface area (Å²) in [6.45, 7) is 0.781. The fourth-order valence-corrected chi connectivity index (χ4v) is 1.46. The van der Waals surface area contributed by atoms with Gasteiger partial charge < -0.3 is 14.8 Å². The van der Waals surface area contributed by atoms with Gasteiger partial charge in [0.05, 0.1) is 12.6 Å². The summed E-state index contributed by atoms with van der Waals surface area (Å²) in [5.74, 6) is 0.167. The van der Waals surface area contributed by atoms with Gasteiger partial charge >= 0.3 is 6.09 Å². The summed E-state index contributed by atoms with van der Waals surface area (Å²) in [6.07, 6.45) is 0.248. The molecule has 1 aromatic carbocycles. The average molecular weight is 225 g/mol. The Hall–Kier alpha value is -1.78. The quantitative estimate of drug-likeness (QED) is 0.848. The minimum absolute atomic E-state index is 0.0129. The molecule has 0 aromatic heterocycles. The second-order valence-corrected chi connectivity index (χ2v) is 3.53. The third-order valence-corrected chi connectivity index (χ3v) is 2.27. The van der Waals surface area contributed by atoms with Crippen LogP contribution in [0.25, 0.3) is 0 Å². The molecule has 5 heteroatoms. The van der Waals surface area contributed by atoms with Crippen LogP contribution in [0.3, 0.4) is 0 Å². The fourth-order valence-electron chi connectivity index (χ4n) is 1.46. The number of nitrogens with one attached hydrogen (secondary N) is 1. The van der Waals surface area contributed by atoms with Crippen molar-refractivity contribution in [2.45, 2.75) is 12.5 Å². The lowest BCUT2D eigenvalue weighted by molar-refractivity contribution is 0.175. The standard InChI is InChI=1S/C11H12FNO3/c12-8-2-1-3-10(6-8)15-5-4-9-7-16-11(14)13-9/h1-3,6,9H,4-5,7H2,(H,13,14). The van der Waals surface area contributed by atoms with Crippen molar-refractivity contribution < 1.29 is 18.7 Å². The maximum atomic E-state index is 12.8. The second kappa shape index (κ2) is 4.83. The molecule has 2 rings (SSSR count). The summed E-state index contributed by atoms with van der Waals surface area (Å²) < 4.78 is 22.8. The molecule has 0 aliphatic carbocycles. The van der Waals surface area contributed by atoms with Crippen molar-refractivity contribution in [2.75, 3.05) is 13.2 Å². The van der Waals surface area contributed by atoms with Gasteiger partial charge in [0.1, 0.15) is 18.2 Å². The van der Waals surface area contributed by atoms with Crippen LogP contribution in [0.1, 0.15) is 6.42 Å². The molecule has 1 unspecified atom stereocenters. The smallest absolute Gasteiger partial charge is 0.407 e. The first-order chi connectivity index (χ1) is 7.74. The van der Waals surface area contributed by atoms with Gasteiger partial charge in [0.15, 0.2) is 0 Å². The molecule has 1 N–H and O–H groups in total. The van der Waals surface area contributed by atoms with Gasteiger partial charge in [0, 0.05) is 12.5 Å². The zero-order valence-corrected chi connectivity index (χ0v) is 8.61. The van der Waals surface area contributed by atoms with Crippen LogP contribution in [-0.2, 0) is 4.74 Å². The van der Waals surface area contributed by atoms with Crippen molar-refractivity contribution in [3.8, 4) is 5.75 Å². The van der Waals surface area contributed by atoms with E-state index in [4.69, 9.17) is 9.47 Å². The van der Waals surface area contributed by atoms with Crippen LogP contribution in [0.4, 0.5) is 9.18 Å². The first kappa shape index (κ1) is 10.7. The van der Waals surface area contributed by atoms with Gasteiger partial charge in [-0.05, 0) is 12.1 Å². The van der Waals surface area contributed by atoms with E-state index in [9.17, 15) is 9.18 Å². The number of amides is 1. The molecule has 1 heterocycles. The average Bonchev–Trinajstić information content (AvgIpc) is 2.64. The number of hydrogen-bond acceptors (Lipinski definition) is 3. The highest BCUT2D eigenvalue weighted by Crippen LogP contribution is 2.12. The minimum Gasteiger partial charge on any atom is -0.493 e. The summed E-state index contributed by atoms with van der Waals surface area (Å²) in [5.41, 5.74) is 0. The molecule has 1 fully saturated rings. The number of hydrogen-bond donors (Lipinski definition) is 1.